The molecule has 0 bridgehead atoms. The summed E-state index contributed by atoms with van der Waals surface area (Å²) in [5.74, 6) is 1.93. The zero-order valence-electron chi connectivity index (χ0n) is 12.1. The van der Waals surface area contributed by atoms with Gasteiger partial charge in [0.05, 0.1) is 13.2 Å². The van der Waals surface area contributed by atoms with Crippen LogP contribution in [-0.2, 0) is 6.42 Å². The molecule has 3 atom stereocenters. The van der Waals surface area contributed by atoms with Crippen molar-refractivity contribution in [2.45, 2.75) is 51.6 Å². The van der Waals surface area contributed by atoms with Gasteiger partial charge in [0, 0.05) is 5.41 Å². The van der Waals surface area contributed by atoms with Crippen molar-refractivity contribution >= 4 is 0 Å². The molecule has 1 aromatic carbocycles. The van der Waals surface area contributed by atoms with Crippen LogP contribution in [0.15, 0.2) is 18.2 Å². The molecular weight excluding hydrogens is 236 g/mol. The van der Waals surface area contributed by atoms with E-state index in [4.69, 9.17) is 4.74 Å². The van der Waals surface area contributed by atoms with E-state index in [-0.39, 0.29) is 11.5 Å². The van der Waals surface area contributed by atoms with Crippen molar-refractivity contribution in [3.63, 3.8) is 0 Å². The van der Waals surface area contributed by atoms with E-state index in [1.807, 2.05) is 0 Å². The third-order valence-corrected chi connectivity index (χ3v) is 5.79. The monoisotopic (exact) mass is 260 g/mol. The number of aliphatic hydroxyl groups excluding tert-OH is 1. The molecule has 1 fully saturated rings. The molecule has 104 valence electrons. The first-order valence-corrected chi connectivity index (χ1v) is 7.52. The Labute approximate surface area is 115 Å². The van der Waals surface area contributed by atoms with E-state index in [0.29, 0.717) is 11.8 Å². The molecule has 0 aromatic heterocycles. The summed E-state index contributed by atoms with van der Waals surface area (Å²) >= 11 is 0. The van der Waals surface area contributed by atoms with Crippen LogP contribution in [0.25, 0.3) is 0 Å². The fraction of sp³-hybridized carbons (Fsp3) is 0.647. The van der Waals surface area contributed by atoms with Gasteiger partial charge in [0.25, 0.3) is 0 Å². The number of benzene rings is 1. The summed E-state index contributed by atoms with van der Waals surface area (Å²) < 4.78 is 5.39. The van der Waals surface area contributed by atoms with Gasteiger partial charge in [-0.15, -0.1) is 0 Å². The maximum Gasteiger partial charge on any atom is 0.119 e. The lowest BCUT2D eigenvalue weighted by atomic mass is 9.44. The van der Waals surface area contributed by atoms with Gasteiger partial charge in [0.15, 0.2) is 0 Å². The summed E-state index contributed by atoms with van der Waals surface area (Å²) in [5, 5.41) is 10.6. The summed E-state index contributed by atoms with van der Waals surface area (Å²) in [6.45, 7) is 4.44. The highest BCUT2D eigenvalue weighted by atomic mass is 16.5. The highest BCUT2D eigenvalue weighted by Crippen LogP contribution is 2.64. The number of hydrogen-bond acceptors (Lipinski definition) is 2. The number of methoxy groups -OCH3 is 1. The fourth-order valence-electron chi connectivity index (χ4n) is 4.61. The van der Waals surface area contributed by atoms with E-state index in [1.165, 1.54) is 11.1 Å². The minimum atomic E-state index is -0.119. The van der Waals surface area contributed by atoms with Crippen LogP contribution in [0.1, 0.15) is 50.2 Å². The average molecular weight is 260 g/mol. The molecule has 19 heavy (non-hydrogen) atoms. The summed E-state index contributed by atoms with van der Waals surface area (Å²) in [7, 11) is 1.73. The van der Waals surface area contributed by atoms with Gasteiger partial charge in [-0.2, -0.15) is 0 Å². The van der Waals surface area contributed by atoms with E-state index in [1.54, 1.807) is 7.11 Å². The van der Waals surface area contributed by atoms with Crippen molar-refractivity contribution in [1.29, 1.82) is 0 Å². The van der Waals surface area contributed by atoms with Crippen LogP contribution in [0.5, 0.6) is 5.75 Å². The molecule has 0 aliphatic heterocycles. The highest BCUT2D eigenvalue weighted by Gasteiger charge is 2.60. The lowest BCUT2D eigenvalue weighted by Crippen LogP contribution is -2.60. The predicted molar refractivity (Wildman–Crippen MR) is 76.6 cm³/mol. The maximum atomic E-state index is 10.6. The Morgan fingerprint density at radius 3 is 2.68 bits per heavy atom. The zero-order chi connectivity index (χ0) is 13.6. The second-order valence-electron chi connectivity index (χ2n) is 6.13. The largest absolute Gasteiger partial charge is 0.497 e. The predicted octanol–water partition coefficient (Wildman–Crippen LogP) is 3.52. The van der Waals surface area contributed by atoms with Crippen LogP contribution in [0, 0.1) is 11.3 Å². The molecule has 2 aliphatic carbocycles. The van der Waals surface area contributed by atoms with Crippen molar-refractivity contribution in [3.05, 3.63) is 29.3 Å². The second kappa shape index (κ2) is 4.52. The van der Waals surface area contributed by atoms with E-state index >= 15 is 0 Å². The maximum absolute atomic E-state index is 10.6. The minimum Gasteiger partial charge on any atom is -0.497 e. The molecule has 0 saturated heterocycles. The third kappa shape index (κ3) is 1.59. The summed E-state index contributed by atoms with van der Waals surface area (Å²) in [6.07, 6.45) is 4.23. The van der Waals surface area contributed by atoms with Gasteiger partial charge < -0.3 is 9.84 Å². The second-order valence-corrected chi connectivity index (χ2v) is 6.13. The molecule has 3 rings (SSSR count). The van der Waals surface area contributed by atoms with Gasteiger partial charge in [-0.25, -0.2) is 0 Å². The van der Waals surface area contributed by atoms with Crippen LogP contribution in [0.4, 0.5) is 0 Å². The van der Waals surface area contributed by atoms with Gasteiger partial charge in [-0.1, -0.05) is 19.9 Å². The minimum absolute atomic E-state index is 0.0895. The zero-order valence-corrected chi connectivity index (χ0v) is 12.1. The van der Waals surface area contributed by atoms with Gasteiger partial charge >= 0.3 is 0 Å². The Hall–Kier alpha value is -1.02. The molecule has 3 unspecified atom stereocenters. The first-order chi connectivity index (χ1) is 9.17. The number of aliphatic hydroxyl groups is 1. The lowest BCUT2D eigenvalue weighted by molar-refractivity contribution is -0.155. The van der Waals surface area contributed by atoms with Gasteiger partial charge in [-0.05, 0) is 60.8 Å². The first kappa shape index (κ1) is 13.0. The Morgan fingerprint density at radius 2 is 2.05 bits per heavy atom. The van der Waals surface area contributed by atoms with Gasteiger partial charge in [0.2, 0.25) is 0 Å². The number of rotatable bonds is 3. The molecule has 0 heterocycles. The number of aryl methyl sites for hydroxylation is 1. The highest BCUT2D eigenvalue weighted by molar-refractivity contribution is 5.44. The average Bonchev–Trinajstić information content (AvgIpc) is 2.47. The summed E-state index contributed by atoms with van der Waals surface area (Å²) in [5.41, 5.74) is 2.98. The van der Waals surface area contributed by atoms with E-state index in [2.05, 4.69) is 32.0 Å². The number of fused-ring (bicyclic) bond motifs is 3. The third-order valence-electron chi connectivity index (χ3n) is 5.79. The first-order valence-electron chi connectivity index (χ1n) is 7.52. The van der Waals surface area contributed by atoms with E-state index in [0.717, 1.165) is 31.4 Å². The van der Waals surface area contributed by atoms with Crippen LogP contribution in [-0.4, -0.2) is 18.3 Å². The van der Waals surface area contributed by atoms with Crippen LogP contribution < -0.4 is 4.74 Å². The van der Waals surface area contributed by atoms with Crippen molar-refractivity contribution in [1.82, 2.24) is 0 Å². The lowest BCUT2D eigenvalue weighted by Gasteiger charge is -2.61. The van der Waals surface area contributed by atoms with Crippen LogP contribution in [0.2, 0.25) is 0 Å². The smallest absolute Gasteiger partial charge is 0.119 e. The molecule has 2 aliphatic rings. The Morgan fingerprint density at radius 1 is 1.32 bits per heavy atom. The van der Waals surface area contributed by atoms with Crippen LogP contribution in [0.3, 0.4) is 0 Å². The topological polar surface area (TPSA) is 29.5 Å². The van der Waals surface area contributed by atoms with Gasteiger partial charge in [0.1, 0.15) is 5.75 Å². The molecule has 0 spiro atoms. The number of hydrogen-bond donors (Lipinski definition) is 1. The number of ether oxygens (including phenoxy) is 1. The summed E-state index contributed by atoms with van der Waals surface area (Å²) in [6, 6.07) is 6.48. The molecule has 1 saturated carbocycles. The SMILES string of the molecule is CCC1(CC)C(O)C2CCc3ccc(OC)cc3C21. The van der Waals surface area contributed by atoms with Crippen molar-refractivity contribution in [2.75, 3.05) is 7.11 Å². The Kier molecular flexibility index (Phi) is 3.09. The molecule has 2 heteroatoms. The fourth-order valence-corrected chi connectivity index (χ4v) is 4.61. The van der Waals surface area contributed by atoms with E-state index in [9.17, 15) is 5.11 Å². The molecule has 0 radical (unpaired) electrons. The molecule has 2 nitrogen and oxygen atoms in total. The van der Waals surface area contributed by atoms with Crippen molar-refractivity contribution in [2.24, 2.45) is 11.3 Å². The quantitative estimate of drug-likeness (QED) is 0.901. The molecular formula is C17H24O2. The Balaban J connectivity index is 2.06. The van der Waals surface area contributed by atoms with Crippen molar-refractivity contribution in [3.8, 4) is 5.75 Å². The normalized spacial score (nSPS) is 31.1. The van der Waals surface area contributed by atoms with E-state index < -0.39 is 0 Å². The Bertz CT molecular complexity index is 476. The molecule has 0 amide bonds. The molecule has 1 aromatic rings. The summed E-state index contributed by atoms with van der Waals surface area (Å²) in [4.78, 5) is 0. The molecule has 1 N–H and O–H groups in total. The standard InChI is InChI=1S/C17H24O2/c1-4-17(5-2)15-13(16(17)18)9-7-11-6-8-12(19-3)10-14(11)15/h6,8,10,13,15-16,18H,4-5,7,9H2,1-3H3. The van der Waals surface area contributed by atoms with Crippen LogP contribution >= 0.6 is 0 Å². The van der Waals surface area contributed by atoms with Crippen molar-refractivity contribution < 1.29 is 9.84 Å². The van der Waals surface area contributed by atoms with Gasteiger partial charge in [-0.3, -0.25) is 0 Å².